The van der Waals surface area contributed by atoms with Gasteiger partial charge in [0.05, 0.1) is 6.54 Å². The van der Waals surface area contributed by atoms with E-state index in [2.05, 4.69) is 0 Å². The number of amides is 1. The van der Waals surface area contributed by atoms with Gasteiger partial charge in [0, 0.05) is 25.4 Å². The van der Waals surface area contributed by atoms with E-state index in [1.807, 2.05) is 91.0 Å². The van der Waals surface area contributed by atoms with E-state index in [4.69, 9.17) is 0 Å². The summed E-state index contributed by atoms with van der Waals surface area (Å²) in [4.78, 5) is 40.5. The number of hydrogen-bond acceptors (Lipinski definition) is 3. The zero-order chi connectivity index (χ0) is 23.0. The Morgan fingerprint density at radius 1 is 0.667 bits per heavy atom. The fraction of sp³-hybridized carbons (Fsp3) is 0.148. The Morgan fingerprint density at radius 2 is 1.15 bits per heavy atom. The molecule has 0 spiro atoms. The molecule has 0 aliphatic rings. The number of hydrogen-bond donors (Lipinski definition) is 0. The van der Waals surface area contributed by atoms with E-state index in [-0.39, 0.29) is 12.5 Å². The molecule has 0 aliphatic carbocycles. The van der Waals surface area contributed by atoms with E-state index in [0.29, 0.717) is 19.6 Å². The molecule has 0 atom stereocenters. The lowest BCUT2D eigenvalue weighted by molar-refractivity contribution is -0.133. The number of benzene rings is 3. The molecule has 0 aliphatic heterocycles. The second-order valence-corrected chi connectivity index (χ2v) is 7.86. The predicted octanol–water partition coefficient (Wildman–Crippen LogP) is 3.29. The predicted molar refractivity (Wildman–Crippen MR) is 128 cm³/mol. The van der Waals surface area contributed by atoms with Gasteiger partial charge in [0.25, 0.3) is 5.56 Å². The van der Waals surface area contributed by atoms with Crippen LogP contribution >= 0.6 is 0 Å². The van der Waals surface area contributed by atoms with Crippen LogP contribution in [0.3, 0.4) is 0 Å². The lowest BCUT2D eigenvalue weighted by atomic mass is 10.1. The van der Waals surface area contributed by atoms with Crippen LogP contribution in [-0.2, 0) is 31.0 Å². The number of aromatic nitrogens is 2. The van der Waals surface area contributed by atoms with Gasteiger partial charge in [-0.25, -0.2) is 4.79 Å². The smallest absolute Gasteiger partial charge is 0.331 e. The normalized spacial score (nSPS) is 10.7. The zero-order valence-electron chi connectivity index (χ0n) is 18.2. The van der Waals surface area contributed by atoms with Crippen molar-refractivity contribution < 1.29 is 4.79 Å². The molecule has 3 aromatic carbocycles. The first-order valence-electron chi connectivity index (χ1n) is 10.8. The van der Waals surface area contributed by atoms with Crippen molar-refractivity contribution in [2.75, 3.05) is 0 Å². The van der Waals surface area contributed by atoms with Crippen LogP contribution in [0.5, 0.6) is 0 Å². The van der Waals surface area contributed by atoms with Crippen molar-refractivity contribution in [3.63, 3.8) is 0 Å². The van der Waals surface area contributed by atoms with Gasteiger partial charge in [0.2, 0.25) is 5.91 Å². The van der Waals surface area contributed by atoms with Gasteiger partial charge in [-0.15, -0.1) is 0 Å². The molecule has 6 heteroatoms. The molecule has 33 heavy (non-hydrogen) atoms. The summed E-state index contributed by atoms with van der Waals surface area (Å²) in [5, 5.41) is 0. The molecule has 166 valence electrons. The quantitative estimate of drug-likeness (QED) is 0.423. The molecule has 1 amide bonds. The van der Waals surface area contributed by atoms with Crippen LogP contribution in [0.15, 0.2) is 113 Å². The molecule has 0 saturated heterocycles. The summed E-state index contributed by atoms with van der Waals surface area (Å²) in [6, 6.07) is 30.2. The van der Waals surface area contributed by atoms with Crippen molar-refractivity contribution in [3.05, 3.63) is 141 Å². The Bertz CT molecular complexity index is 1270. The number of rotatable bonds is 8. The van der Waals surface area contributed by atoms with E-state index in [1.165, 1.54) is 16.8 Å². The zero-order valence-corrected chi connectivity index (χ0v) is 18.2. The van der Waals surface area contributed by atoms with E-state index in [0.717, 1.165) is 21.3 Å². The molecule has 0 radical (unpaired) electrons. The Balaban J connectivity index is 1.59. The van der Waals surface area contributed by atoms with Crippen LogP contribution in [-0.4, -0.2) is 19.9 Å². The molecule has 0 bridgehead atoms. The van der Waals surface area contributed by atoms with Crippen LogP contribution < -0.4 is 11.2 Å². The second kappa shape index (κ2) is 10.4. The van der Waals surface area contributed by atoms with Crippen LogP contribution in [0.4, 0.5) is 0 Å². The molecule has 0 N–H and O–H groups in total. The van der Waals surface area contributed by atoms with Crippen molar-refractivity contribution in [2.45, 2.75) is 26.2 Å². The Kier molecular flexibility index (Phi) is 6.95. The van der Waals surface area contributed by atoms with E-state index in [1.54, 1.807) is 4.90 Å². The average Bonchev–Trinajstić information content (AvgIpc) is 2.85. The van der Waals surface area contributed by atoms with Gasteiger partial charge in [0.1, 0.15) is 6.54 Å². The summed E-state index contributed by atoms with van der Waals surface area (Å²) in [6.45, 7) is 0.779. The first kappa shape index (κ1) is 22.0. The number of nitrogens with zero attached hydrogens (tertiary/aromatic N) is 3. The fourth-order valence-electron chi connectivity index (χ4n) is 3.68. The van der Waals surface area contributed by atoms with Crippen molar-refractivity contribution in [1.82, 2.24) is 14.0 Å². The summed E-state index contributed by atoms with van der Waals surface area (Å²) in [6.07, 6.45) is 1.48. The SMILES string of the molecule is O=C(Cn1c(=O)ccn(Cc2ccccc2)c1=O)N(Cc1ccccc1)Cc1ccccc1. The minimum Gasteiger partial charge on any atom is -0.332 e. The Labute approximate surface area is 192 Å². The standard InChI is InChI=1S/C27H25N3O3/c31-25-16-17-28(18-22-10-4-1-5-11-22)27(33)30(25)21-26(32)29(19-23-12-6-2-7-13-23)20-24-14-8-3-9-15-24/h1-17H,18-21H2. The maximum atomic E-state index is 13.3. The maximum absolute atomic E-state index is 13.3. The molecule has 4 aromatic rings. The molecule has 0 saturated carbocycles. The largest absolute Gasteiger partial charge is 0.332 e. The molecular weight excluding hydrogens is 414 g/mol. The molecule has 0 fully saturated rings. The van der Waals surface area contributed by atoms with Gasteiger partial charge >= 0.3 is 5.69 Å². The lowest BCUT2D eigenvalue weighted by Gasteiger charge is -2.23. The van der Waals surface area contributed by atoms with Crippen molar-refractivity contribution in [2.24, 2.45) is 0 Å². The van der Waals surface area contributed by atoms with E-state index < -0.39 is 11.2 Å². The number of carbonyl (C=O) groups is 1. The fourth-order valence-corrected chi connectivity index (χ4v) is 3.68. The average molecular weight is 440 g/mol. The van der Waals surface area contributed by atoms with Gasteiger partial charge in [-0.05, 0) is 16.7 Å². The van der Waals surface area contributed by atoms with Gasteiger partial charge < -0.3 is 4.90 Å². The second-order valence-electron chi connectivity index (χ2n) is 7.86. The highest BCUT2D eigenvalue weighted by Gasteiger charge is 2.18. The lowest BCUT2D eigenvalue weighted by Crippen LogP contribution is -2.44. The third kappa shape index (κ3) is 5.74. The van der Waals surface area contributed by atoms with Crippen molar-refractivity contribution >= 4 is 5.91 Å². The van der Waals surface area contributed by atoms with Gasteiger partial charge in [-0.1, -0.05) is 91.0 Å². The summed E-state index contributed by atoms with van der Waals surface area (Å²) in [7, 11) is 0. The van der Waals surface area contributed by atoms with Gasteiger partial charge in [0.15, 0.2) is 0 Å². The number of carbonyl (C=O) groups excluding carboxylic acids is 1. The van der Waals surface area contributed by atoms with Crippen LogP contribution in [0.1, 0.15) is 16.7 Å². The van der Waals surface area contributed by atoms with Crippen molar-refractivity contribution in [3.8, 4) is 0 Å². The molecule has 1 aromatic heterocycles. The first-order valence-corrected chi connectivity index (χ1v) is 10.8. The summed E-state index contributed by atoms with van der Waals surface area (Å²) < 4.78 is 2.46. The summed E-state index contributed by atoms with van der Waals surface area (Å²) in [5.74, 6) is -0.292. The maximum Gasteiger partial charge on any atom is 0.331 e. The summed E-state index contributed by atoms with van der Waals surface area (Å²) >= 11 is 0. The minimum atomic E-state index is -0.501. The molecule has 6 nitrogen and oxygen atoms in total. The van der Waals surface area contributed by atoms with Gasteiger partial charge in [-0.3, -0.25) is 18.7 Å². The van der Waals surface area contributed by atoms with Crippen LogP contribution in [0.2, 0.25) is 0 Å². The Hall–Kier alpha value is -4.19. The third-order valence-corrected chi connectivity index (χ3v) is 5.41. The summed E-state index contributed by atoms with van der Waals surface area (Å²) in [5.41, 5.74) is 1.90. The highest BCUT2D eigenvalue weighted by molar-refractivity contribution is 5.76. The van der Waals surface area contributed by atoms with Crippen molar-refractivity contribution in [1.29, 1.82) is 0 Å². The topological polar surface area (TPSA) is 64.3 Å². The van der Waals surface area contributed by atoms with Crippen LogP contribution in [0, 0.1) is 0 Å². The van der Waals surface area contributed by atoms with Gasteiger partial charge in [-0.2, -0.15) is 0 Å². The third-order valence-electron chi connectivity index (χ3n) is 5.41. The highest BCUT2D eigenvalue weighted by atomic mass is 16.2. The first-order chi connectivity index (χ1) is 16.1. The van der Waals surface area contributed by atoms with Crippen LogP contribution in [0.25, 0.3) is 0 Å². The highest BCUT2D eigenvalue weighted by Crippen LogP contribution is 2.11. The molecule has 0 unspecified atom stereocenters. The van der Waals surface area contributed by atoms with E-state index >= 15 is 0 Å². The van der Waals surface area contributed by atoms with E-state index in [9.17, 15) is 14.4 Å². The molecular formula is C27H25N3O3. The molecule has 4 rings (SSSR count). The minimum absolute atomic E-state index is 0.292. The monoisotopic (exact) mass is 439 g/mol. The molecule has 1 heterocycles. The Morgan fingerprint density at radius 3 is 1.67 bits per heavy atom.